The van der Waals surface area contributed by atoms with Crippen molar-refractivity contribution in [1.82, 2.24) is 10.2 Å². The standard InChI is InChI=1S/C25H25N3O3/c29-24(19-11-13-23(14-12-19)31-22-9-5-2-6-10-22)26-21-15-17-28(18-16-21)25(30)27-20-7-3-1-4-8-20/h1-14,21H,15-18H2,(H,26,29)(H,27,30). The summed E-state index contributed by atoms with van der Waals surface area (Å²) < 4.78 is 5.76. The number of benzene rings is 3. The van der Waals surface area contributed by atoms with Crippen molar-refractivity contribution in [2.24, 2.45) is 0 Å². The van der Waals surface area contributed by atoms with Crippen LogP contribution in [0, 0.1) is 0 Å². The third kappa shape index (κ3) is 5.63. The number of nitrogens with zero attached hydrogens (tertiary/aromatic N) is 1. The number of likely N-dealkylation sites (tertiary alicyclic amines) is 1. The average Bonchev–Trinajstić information content (AvgIpc) is 2.81. The number of hydrogen-bond acceptors (Lipinski definition) is 3. The van der Waals surface area contributed by atoms with Gasteiger partial charge in [0, 0.05) is 30.4 Å². The van der Waals surface area contributed by atoms with Crippen LogP contribution in [0.3, 0.4) is 0 Å². The van der Waals surface area contributed by atoms with Crippen molar-refractivity contribution in [2.45, 2.75) is 18.9 Å². The van der Waals surface area contributed by atoms with Crippen molar-refractivity contribution < 1.29 is 14.3 Å². The molecule has 0 saturated carbocycles. The van der Waals surface area contributed by atoms with E-state index in [4.69, 9.17) is 4.74 Å². The van der Waals surface area contributed by atoms with Crippen molar-refractivity contribution in [3.8, 4) is 11.5 Å². The molecule has 0 atom stereocenters. The van der Waals surface area contributed by atoms with E-state index >= 15 is 0 Å². The molecule has 31 heavy (non-hydrogen) atoms. The lowest BCUT2D eigenvalue weighted by Gasteiger charge is -2.32. The van der Waals surface area contributed by atoms with Gasteiger partial charge < -0.3 is 20.3 Å². The Bertz CT molecular complexity index is 999. The molecular weight excluding hydrogens is 390 g/mol. The lowest BCUT2D eigenvalue weighted by atomic mass is 10.0. The number of nitrogens with one attached hydrogen (secondary N) is 2. The minimum atomic E-state index is -0.113. The molecule has 1 heterocycles. The smallest absolute Gasteiger partial charge is 0.321 e. The lowest BCUT2D eigenvalue weighted by Crippen LogP contribution is -2.47. The molecule has 0 aliphatic carbocycles. The van der Waals surface area contributed by atoms with Crippen LogP contribution < -0.4 is 15.4 Å². The van der Waals surface area contributed by atoms with E-state index in [0.29, 0.717) is 24.4 Å². The van der Waals surface area contributed by atoms with Crippen LogP contribution >= 0.6 is 0 Å². The lowest BCUT2D eigenvalue weighted by molar-refractivity contribution is 0.0919. The zero-order chi connectivity index (χ0) is 21.5. The second-order valence-corrected chi connectivity index (χ2v) is 7.47. The van der Waals surface area contributed by atoms with Crippen LogP contribution in [0.5, 0.6) is 11.5 Å². The summed E-state index contributed by atoms with van der Waals surface area (Å²) in [5.74, 6) is 1.32. The molecular formula is C25H25N3O3. The van der Waals surface area contributed by atoms with Crippen LogP contribution in [0.1, 0.15) is 23.2 Å². The average molecular weight is 415 g/mol. The maximum absolute atomic E-state index is 12.6. The number of rotatable bonds is 5. The first kappa shape index (κ1) is 20.5. The first-order valence-electron chi connectivity index (χ1n) is 10.4. The Balaban J connectivity index is 1.24. The highest BCUT2D eigenvalue weighted by Gasteiger charge is 2.24. The number of urea groups is 1. The molecule has 2 N–H and O–H groups in total. The largest absolute Gasteiger partial charge is 0.457 e. The monoisotopic (exact) mass is 415 g/mol. The van der Waals surface area contributed by atoms with Gasteiger partial charge in [0.25, 0.3) is 5.91 Å². The Morgan fingerprint density at radius 1 is 0.774 bits per heavy atom. The van der Waals surface area contributed by atoms with Crippen molar-refractivity contribution in [3.63, 3.8) is 0 Å². The Morgan fingerprint density at radius 2 is 1.35 bits per heavy atom. The van der Waals surface area contributed by atoms with Crippen molar-refractivity contribution in [2.75, 3.05) is 18.4 Å². The molecule has 4 rings (SSSR count). The molecule has 0 unspecified atom stereocenters. The molecule has 0 bridgehead atoms. The molecule has 1 aliphatic heterocycles. The highest BCUT2D eigenvalue weighted by molar-refractivity contribution is 5.94. The molecule has 0 spiro atoms. The van der Waals surface area contributed by atoms with Crippen molar-refractivity contribution in [3.05, 3.63) is 90.5 Å². The molecule has 1 aliphatic rings. The van der Waals surface area contributed by atoms with Gasteiger partial charge in [-0.15, -0.1) is 0 Å². The van der Waals surface area contributed by atoms with Crippen molar-refractivity contribution in [1.29, 1.82) is 0 Å². The molecule has 1 saturated heterocycles. The van der Waals surface area contributed by atoms with Gasteiger partial charge >= 0.3 is 6.03 Å². The van der Waals surface area contributed by atoms with Crippen molar-refractivity contribution >= 4 is 17.6 Å². The highest BCUT2D eigenvalue weighted by Crippen LogP contribution is 2.21. The minimum Gasteiger partial charge on any atom is -0.457 e. The summed E-state index contributed by atoms with van der Waals surface area (Å²) in [7, 11) is 0. The van der Waals surface area contributed by atoms with E-state index in [9.17, 15) is 9.59 Å². The maximum atomic E-state index is 12.6. The van der Waals surface area contributed by atoms with Gasteiger partial charge in [-0.3, -0.25) is 4.79 Å². The summed E-state index contributed by atoms with van der Waals surface area (Å²) in [5, 5.41) is 5.98. The number of ether oxygens (including phenoxy) is 1. The third-order valence-corrected chi connectivity index (χ3v) is 5.24. The van der Waals surface area contributed by atoms with Crippen LogP contribution in [0.2, 0.25) is 0 Å². The Kier molecular flexibility index (Phi) is 6.47. The normalized spacial score (nSPS) is 14.0. The van der Waals surface area contributed by atoms with Gasteiger partial charge in [-0.1, -0.05) is 36.4 Å². The number of piperidine rings is 1. The first-order chi connectivity index (χ1) is 15.2. The van der Waals surface area contributed by atoms with Gasteiger partial charge in [0.05, 0.1) is 0 Å². The predicted molar refractivity (Wildman–Crippen MR) is 120 cm³/mol. The summed E-state index contributed by atoms with van der Waals surface area (Å²) >= 11 is 0. The van der Waals surface area contributed by atoms with E-state index in [2.05, 4.69) is 10.6 Å². The van der Waals surface area contributed by atoms with E-state index in [1.165, 1.54) is 0 Å². The molecule has 0 radical (unpaired) electrons. The van der Waals surface area contributed by atoms with Gasteiger partial charge in [-0.05, 0) is 61.4 Å². The molecule has 0 aromatic heterocycles. The number of anilines is 1. The van der Waals surface area contributed by atoms with Crippen LogP contribution in [0.4, 0.5) is 10.5 Å². The topological polar surface area (TPSA) is 70.7 Å². The van der Waals surface area contributed by atoms with Crippen LogP contribution in [-0.4, -0.2) is 36.0 Å². The Labute approximate surface area is 181 Å². The van der Waals surface area contributed by atoms with Gasteiger partial charge in [0.1, 0.15) is 11.5 Å². The van der Waals surface area contributed by atoms with E-state index in [1.54, 1.807) is 29.2 Å². The van der Waals surface area contributed by atoms with Gasteiger partial charge in [0.15, 0.2) is 0 Å². The summed E-state index contributed by atoms with van der Waals surface area (Å²) in [6.07, 6.45) is 1.45. The summed E-state index contributed by atoms with van der Waals surface area (Å²) in [5.41, 5.74) is 1.37. The molecule has 3 amide bonds. The summed E-state index contributed by atoms with van der Waals surface area (Å²) in [6, 6.07) is 26.0. The highest BCUT2D eigenvalue weighted by atomic mass is 16.5. The molecule has 6 nitrogen and oxygen atoms in total. The van der Waals surface area contributed by atoms with Crippen LogP contribution in [-0.2, 0) is 0 Å². The Morgan fingerprint density at radius 3 is 2.00 bits per heavy atom. The summed E-state index contributed by atoms with van der Waals surface area (Å²) in [6.45, 7) is 1.21. The van der Waals surface area contributed by atoms with E-state index < -0.39 is 0 Å². The zero-order valence-corrected chi connectivity index (χ0v) is 17.2. The Hall–Kier alpha value is -3.80. The molecule has 3 aromatic carbocycles. The minimum absolute atomic E-state index is 0.0496. The third-order valence-electron chi connectivity index (χ3n) is 5.24. The van der Waals surface area contributed by atoms with Crippen LogP contribution in [0.25, 0.3) is 0 Å². The number of hydrogen-bond donors (Lipinski definition) is 2. The first-order valence-corrected chi connectivity index (χ1v) is 10.4. The van der Waals surface area contributed by atoms with Gasteiger partial charge in [-0.25, -0.2) is 4.79 Å². The number of carbonyl (C=O) groups is 2. The molecule has 158 valence electrons. The number of para-hydroxylation sites is 2. The number of carbonyl (C=O) groups excluding carboxylic acids is 2. The fourth-order valence-electron chi connectivity index (χ4n) is 3.52. The fourth-order valence-corrected chi connectivity index (χ4v) is 3.52. The molecule has 1 fully saturated rings. The van der Waals surface area contributed by atoms with Gasteiger partial charge in [0.2, 0.25) is 0 Å². The SMILES string of the molecule is O=C(NC1CCN(C(=O)Nc2ccccc2)CC1)c1ccc(Oc2ccccc2)cc1. The quantitative estimate of drug-likeness (QED) is 0.622. The molecule has 6 heteroatoms. The van der Waals surface area contributed by atoms with Crippen LogP contribution in [0.15, 0.2) is 84.9 Å². The number of amides is 3. The second-order valence-electron chi connectivity index (χ2n) is 7.47. The van der Waals surface area contributed by atoms with Gasteiger partial charge in [-0.2, -0.15) is 0 Å². The fraction of sp³-hybridized carbons (Fsp3) is 0.200. The van der Waals surface area contributed by atoms with E-state index in [1.807, 2.05) is 60.7 Å². The second kappa shape index (κ2) is 9.80. The molecule has 3 aromatic rings. The summed E-state index contributed by atoms with van der Waals surface area (Å²) in [4.78, 5) is 26.8. The zero-order valence-electron chi connectivity index (χ0n) is 17.2. The van der Waals surface area contributed by atoms with E-state index in [0.717, 1.165) is 24.3 Å². The van der Waals surface area contributed by atoms with E-state index in [-0.39, 0.29) is 18.0 Å². The predicted octanol–water partition coefficient (Wildman–Crippen LogP) is 4.91. The maximum Gasteiger partial charge on any atom is 0.321 e.